The minimum atomic E-state index is -0.404. The van der Waals surface area contributed by atoms with Crippen molar-refractivity contribution in [3.8, 4) is 0 Å². The molecule has 1 aromatic heterocycles. The first-order chi connectivity index (χ1) is 12.0. The number of hydrogen-bond acceptors (Lipinski definition) is 4. The van der Waals surface area contributed by atoms with E-state index in [9.17, 15) is 14.0 Å². The van der Waals surface area contributed by atoms with Gasteiger partial charge in [0.15, 0.2) is 0 Å². The van der Waals surface area contributed by atoms with Crippen molar-refractivity contribution >= 4 is 11.8 Å². The fraction of sp³-hybridized carbons (Fsp3) is 0.611. The zero-order valence-electron chi connectivity index (χ0n) is 14.5. The Balaban J connectivity index is 1.58. The van der Waals surface area contributed by atoms with Crippen LogP contribution in [0.4, 0.5) is 4.39 Å². The van der Waals surface area contributed by atoms with Crippen molar-refractivity contribution < 1.29 is 18.7 Å². The minimum Gasteiger partial charge on any atom is -0.383 e. The van der Waals surface area contributed by atoms with Crippen LogP contribution < -0.4 is 0 Å². The fourth-order valence-electron chi connectivity index (χ4n) is 3.89. The van der Waals surface area contributed by atoms with Crippen molar-refractivity contribution in [3.05, 3.63) is 29.8 Å². The van der Waals surface area contributed by atoms with Gasteiger partial charge in [0.1, 0.15) is 5.82 Å². The van der Waals surface area contributed by atoms with Gasteiger partial charge in [0, 0.05) is 44.4 Å². The van der Waals surface area contributed by atoms with Crippen molar-refractivity contribution in [2.75, 3.05) is 33.4 Å². The third kappa shape index (κ3) is 3.81. The largest absolute Gasteiger partial charge is 0.383 e. The molecular formula is C18H24FN3O3. The predicted molar refractivity (Wildman–Crippen MR) is 89.3 cm³/mol. The molecule has 0 radical (unpaired) electrons. The molecule has 1 spiro atoms. The standard InChI is InChI=1S/C18H24FN3O3/c1-25-11-10-22-16(23)4-5-18(22)6-8-21(9-7-18)17(24)12-15-3-2-14(19)13-20-15/h2-3,13H,4-12H2,1H3. The average Bonchev–Trinajstić information content (AvgIpc) is 2.91. The molecule has 2 aliphatic heterocycles. The Labute approximate surface area is 147 Å². The van der Waals surface area contributed by atoms with Crippen molar-refractivity contribution in [3.63, 3.8) is 0 Å². The molecule has 0 aromatic carbocycles. The molecule has 3 rings (SSSR count). The maximum Gasteiger partial charge on any atom is 0.228 e. The van der Waals surface area contributed by atoms with Gasteiger partial charge in [-0.2, -0.15) is 0 Å². The van der Waals surface area contributed by atoms with Gasteiger partial charge < -0.3 is 14.5 Å². The fourth-order valence-corrected chi connectivity index (χ4v) is 3.89. The van der Waals surface area contributed by atoms with Gasteiger partial charge in [-0.3, -0.25) is 14.6 Å². The summed E-state index contributed by atoms with van der Waals surface area (Å²) in [4.78, 5) is 32.4. The Morgan fingerprint density at radius 2 is 2.08 bits per heavy atom. The molecule has 25 heavy (non-hydrogen) atoms. The van der Waals surface area contributed by atoms with Crippen LogP contribution in [0.15, 0.2) is 18.3 Å². The van der Waals surface area contributed by atoms with Crippen molar-refractivity contribution in [2.45, 2.75) is 37.6 Å². The number of amides is 2. The first-order valence-corrected chi connectivity index (χ1v) is 8.72. The van der Waals surface area contributed by atoms with Crippen LogP contribution in [0.1, 0.15) is 31.4 Å². The summed E-state index contributed by atoms with van der Waals surface area (Å²) >= 11 is 0. The van der Waals surface area contributed by atoms with Crippen molar-refractivity contribution in [2.24, 2.45) is 0 Å². The maximum atomic E-state index is 12.9. The van der Waals surface area contributed by atoms with Crippen LogP contribution in [-0.2, 0) is 20.7 Å². The predicted octanol–water partition coefficient (Wildman–Crippen LogP) is 1.39. The van der Waals surface area contributed by atoms with Crippen LogP contribution in [0.5, 0.6) is 0 Å². The van der Waals surface area contributed by atoms with Gasteiger partial charge in [0.25, 0.3) is 0 Å². The molecule has 1 aromatic rings. The van der Waals surface area contributed by atoms with E-state index in [1.165, 1.54) is 6.07 Å². The van der Waals surface area contributed by atoms with Crippen LogP contribution in [-0.4, -0.2) is 65.5 Å². The summed E-state index contributed by atoms with van der Waals surface area (Å²) in [7, 11) is 1.64. The molecule has 0 unspecified atom stereocenters. The van der Waals surface area contributed by atoms with Gasteiger partial charge in [-0.1, -0.05) is 0 Å². The van der Waals surface area contributed by atoms with E-state index in [1.54, 1.807) is 13.2 Å². The Morgan fingerprint density at radius 3 is 2.72 bits per heavy atom. The topological polar surface area (TPSA) is 62.7 Å². The quantitative estimate of drug-likeness (QED) is 0.806. The lowest BCUT2D eigenvalue weighted by Crippen LogP contribution is -2.55. The molecule has 6 nitrogen and oxygen atoms in total. The highest BCUT2D eigenvalue weighted by Gasteiger charge is 2.46. The minimum absolute atomic E-state index is 0.00160. The zero-order valence-corrected chi connectivity index (χ0v) is 14.5. The lowest BCUT2D eigenvalue weighted by molar-refractivity contribution is -0.136. The van der Waals surface area contributed by atoms with Crippen LogP contribution in [0, 0.1) is 5.82 Å². The van der Waals surface area contributed by atoms with E-state index >= 15 is 0 Å². The number of nitrogens with zero attached hydrogens (tertiary/aromatic N) is 3. The first kappa shape index (κ1) is 17.8. The van der Waals surface area contributed by atoms with Crippen LogP contribution in [0.3, 0.4) is 0 Å². The summed E-state index contributed by atoms with van der Waals surface area (Å²) in [6, 6.07) is 2.86. The third-order valence-corrected chi connectivity index (χ3v) is 5.36. The summed E-state index contributed by atoms with van der Waals surface area (Å²) in [6.07, 6.45) is 4.34. The number of halogens is 1. The SMILES string of the molecule is COCCN1C(=O)CCC12CCN(C(=O)Cc1ccc(F)cn1)CC2. The van der Waals surface area contributed by atoms with Gasteiger partial charge in [-0.05, 0) is 31.4 Å². The second-order valence-corrected chi connectivity index (χ2v) is 6.79. The molecule has 0 N–H and O–H groups in total. The monoisotopic (exact) mass is 349 g/mol. The van der Waals surface area contributed by atoms with E-state index in [0.29, 0.717) is 38.4 Å². The van der Waals surface area contributed by atoms with Gasteiger partial charge in [0.2, 0.25) is 11.8 Å². The summed E-state index contributed by atoms with van der Waals surface area (Å²) in [5.41, 5.74) is 0.449. The van der Waals surface area contributed by atoms with Crippen LogP contribution in [0.2, 0.25) is 0 Å². The molecule has 0 saturated carbocycles. The normalized spacial score (nSPS) is 19.7. The Kier molecular flexibility index (Phi) is 5.32. The summed E-state index contributed by atoms with van der Waals surface area (Å²) < 4.78 is 18.0. The van der Waals surface area contributed by atoms with Gasteiger partial charge in [-0.15, -0.1) is 0 Å². The molecule has 7 heteroatoms. The summed E-state index contributed by atoms with van der Waals surface area (Å²) in [6.45, 7) is 2.42. The average molecular weight is 349 g/mol. The van der Waals surface area contributed by atoms with E-state index in [1.807, 2.05) is 9.80 Å². The lowest BCUT2D eigenvalue weighted by atomic mass is 9.85. The van der Waals surface area contributed by atoms with Gasteiger partial charge >= 0.3 is 0 Å². The number of ether oxygens (including phenoxy) is 1. The van der Waals surface area contributed by atoms with Crippen molar-refractivity contribution in [1.82, 2.24) is 14.8 Å². The smallest absolute Gasteiger partial charge is 0.228 e. The number of rotatable bonds is 5. The highest BCUT2D eigenvalue weighted by Crippen LogP contribution is 2.39. The van der Waals surface area contributed by atoms with E-state index < -0.39 is 5.82 Å². The van der Waals surface area contributed by atoms with Gasteiger partial charge in [0.05, 0.1) is 19.2 Å². The van der Waals surface area contributed by atoms with E-state index in [-0.39, 0.29) is 23.8 Å². The number of likely N-dealkylation sites (tertiary alicyclic amines) is 2. The number of carbonyl (C=O) groups is 2. The van der Waals surface area contributed by atoms with Crippen molar-refractivity contribution in [1.29, 1.82) is 0 Å². The second kappa shape index (κ2) is 7.47. The molecule has 2 aliphatic rings. The number of aromatic nitrogens is 1. The molecular weight excluding hydrogens is 325 g/mol. The number of hydrogen-bond donors (Lipinski definition) is 0. The zero-order chi connectivity index (χ0) is 17.9. The number of methoxy groups -OCH3 is 1. The first-order valence-electron chi connectivity index (χ1n) is 8.72. The molecule has 0 atom stereocenters. The molecule has 2 amide bonds. The van der Waals surface area contributed by atoms with E-state index in [2.05, 4.69) is 4.98 Å². The van der Waals surface area contributed by atoms with Gasteiger partial charge in [-0.25, -0.2) is 4.39 Å². The molecule has 136 valence electrons. The third-order valence-electron chi connectivity index (χ3n) is 5.36. The Bertz CT molecular complexity index is 627. The molecule has 2 saturated heterocycles. The molecule has 3 heterocycles. The highest BCUT2D eigenvalue weighted by molar-refractivity contribution is 5.80. The Morgan fingerprint density at radius 1 is 1.32 bits per heavy atom. The molecule has 0 bridgehead atoms. The van der Waals surface area contributed by atoms with Crippen LogP contribution >= 0.6 is 0 Å². The molecule has 0 aliphatic carbocycles. The molecule has 2 fully saturated rings. The second-order valence-electron chi connectivity index (χ2n) is 6.79. The highest BCUT2D eigenvalue weighted by atomic mass is 19.1. The summed E-state index contributed by atoms with van der Waals surface area (Å²) in [5, 5.41) is 0. The van der Waals surface area contributed by atoms with E-state index in [0.717, 1.165) is 25.5 Å². The number of pyridine rings is 1. The van der Waals surface area contributed by atoms with Crippen LogP contribution in [0.25, 0.3) is 0 Å². The Hall–Kier alpha value is -2.02. The number of piperidine rings is 1. The number of carbonyl (C=O) groups excluding carboxylic acids is 2. The van der Waals surface area contributed by atoms with E-state index in [4.69, 9.17) is 4.74 Å². The lowest BCUT2D eigenvalue weighted by Gasteiger charge is -2.45. The maximum absolute atomic E-state index is 12.9. The summed E-state index contributed by atoms with van der Waals surface area (Å²) in [5.74, 6) is -0.216.